The Morgan fingerprint density at radius 1 is 1.42 bits per heavy atom. The molecule has 3 heteroatoms. The van der Waals surface area contributed by atoms with E-state index in [0.29, 0.717) is 0 Å². The van der Waals surface area contributed by atoms with E-state index in [1.807, 2.05) is 0 Å². The highest BCUT2D eigenvalue weighted by molar-refractivity contribution is 5.09. The topological polar surface area (TPSA) is 28.2 Å². The molecule has 2 rings (SSSR count). The maximum Gasteiger partial charge on any atom is 0.0547 e. The van der Waals surface area contributed by atoms with Crippen LogP contribution in [0.2, 0.25) is 0 Å². The number of piperidine rings is 1. The predicted molar refractivity (Wildman–Crippen MR) is 80.1 cm³/mol. The Kier molecular flexibility index (Phi) is 5.80. The van der Waals surface area contributed by atoms with Gasteiger partial charge in [-0.05, 0) is 63.9 Å². The fraction of sp³-hybridized carbons (Fsp3) is 0.688. The molecule has 1 saturated heterocycles. The summed E-state index contributed by atoms with van der Waals surface area (Å²) < 4.78 is 0. The van der Waals surface area contributed by atoms with Gasteiger partial charge in [0.25, 0.3) is 0 Å². The second-order valence-electron chi connectivity index (χ2n) is 5.72. The number of aromatic nitrogens is 1. The molecule has 1 aliphatic heterocycles. The first-order chi connectivity index (χ1) is 9.28. The van der Waals surface area contributed by atoms with Crippen molar-refractivity contribution in [2.45, 2.75) is 39.7 Å². The van der Waals surface area contributed by atoms with Gasteiger partial charge in [-0.1, -0.05) is 13.0 Å². The van der Waals surface area contributed by atoms with Crippen molar-refractivity contribution in [1.82, 2.24) is 15.2 Å². The number of hydrogen-bond donors (Lipinski definition) is 1. The fourth-order valence-corrected chi connectivity index (χ4v) is 2.91. The number of nitrogens with one attached hydrogen (secondary N) is 1. The molecule has 1 atom stereocenters. The normalized spacial score (nSPS) is 19.8. The average molecular weight is 261 g/mol. The summed E-state index contributed by atoms with van der Waals surface area (Å²) in [6.07, 6.45) is 3.91. The van der Waals surface area contributed by atoms with Crippen LogP contribution in [0.3, 0.4) is 0 Å². The monoisotopic (exact) mass is 261 g/mol. The lowest BCUT2D eigenvalue weighted by Crippen LogP contribution is -2.38. The van der Waals surface area contributed by atoms with Gasteiger partial charge in [0.15, 0.2) is 0 Å². The first-order valence-corrected chi connectivity index (χ1v) is 7.63. The van der Waals surface area contributed by atoms with Crippen LogP contribution in [0.4, 0.5) is 0 Å². The van der Waals surface area contributed by atoms with Crippen molar-refractivity contribution < 1.29 is 0 Å². The van der Waals surface area contributed by atoms with E-state index < -0.39 is 0 Å². The van der Waals surface area contributed by atoms with Gasteiger partial charge in [-0.25, -0.2) is 0 Å². The first kappa shape index (κ1) is 14.5. The third-order valence-electron chi connectivity index (χ3n) is 3.79. The third-order valence-corrected chi connectivity index (χ3v) is 3.79. The molecule has 1 fully saturated rings. The molecule has 0 spiro atoms. The summed E-state index contributed by atoms with van der Waals surface area (Å²) in [6, 6.07) is 6.33. The number of pyridine rings is 1. The van der Waals surface area contributed by atoms with Crippen LogP contribution in [0.15, 0.2) is 18.2 Å². The molecule has 106 valence electrons. The summed E-state index contributed by atoms with van der Waals surface area (Å²) in [5, 5.41) is 3.51. The number of nitrogens with zero attached hydrogens (tertiary/aromatic N) is 2. The molecule has 19 heavy (non-hydrogen) atoms. The Morgan fingerprint density at radius 2 is 2.32 bits per heavy atom. The molecule has 1 N–H and O–H groups in total. The van der Waals surface area contributed by atoms with E-state index in [9.17, 15) is 0 Å². The fourth-order valence-electron chi connectivity index (χ4n) is 2.91. The Hall–Kier alpha value is -0.930. The van der Waals surface area contributed by atoms with Gasteiger partial charge in [0.1, 0.15) is 0 Å². The van der Waals surface area contributed by atoms with Crippen LogP contribution in [-0.4, -0.2) is 36.1 Å². The van der Waals surface area contributed by atoms with Crippen molar-refractivity contribution in [2.24, 2.45) is 5.92 Å². The van der Waals surface area contributed by atoms with Crippen LogP contribution < -0.4 is 5.32 Å². The molecule has 3 nitrogen and oxygen atoms in total. The molecule has 1 aromatic rings. The van der Waals surface area contributed by atoms with Gasteiger partial charge >= 0.3 is 0 Å². The Labute approximate surface area is 117 Å². The van der Waals surface area contributed by atoms with Crippen molar-refractivity contribution in [3.63, 3.8) is 0 Å². The minimum Gasteiger partial charge on any atom is -0.316 e. The van der Waals surface area contributed by atoms with Gasteiger partial charge in [-0.3, -0.25) is 9.88 Å². The maximum atomic E-state index is 4.63. The predicted octanol–water partition coefficient (Wildman–Crippen LogP) is 2.60. The third kappa shape index (κ3) is 4.92. The second kappa shape index (κ2) is 7.61. The molecule has 2 heterocycles. The molecular weight excluding hydrogens is 234 g/mol. The molecular formula is C16H27N3. The molecule has 0 aliphatic carbocycles. The zero-order valence-electron chi connectivity index (χ0n) is 12.4. The van der Waals surface area contributed by atoms with Crippen molar-refractivity contribution in [2.75, 3.05) is 26.2 Å². The standard InChI is InChI=1S/C16H27N3/c1-3-10-19(12-15-7-5-9-17-11-15)13-16-8-4-6-14(2)18-16/h4,6,8,15,17H,3,5,7,9-13H2,1-2H3. The number of aryl methyl sites for hydroxylation is 1. The molecule has 0 bridgehead atoms. The van der Waals surface area contributed by atoms with Gasteiger partial charge < -0.3 is 5.32 Å². The van der Waals surface area contributed by atoms with Crippen LogP contribution in [0.1, 0.15) is 37.6 Å². The molecule has 0 radical (unpaired) electrons. The minimum atomic E-state index is 0.810. The largest absolute Gasteiger partial charge is 0.316 e. The highest BCUT2D eigenvalue weighted by Gasteiger charge is 2.17. The second-order valence-corrected chi connectivity index (χ2v) is 5.72. The summed E-state index contributed by atoms with van der Waals surface area (Å²) in [7, 11) is 0. The molecule has 0 aromatic carbocycles. The SMILES string of the molecule is CCCN(Cc1cccc(C)n1)CC1CCCNC1. The van der Waals surface area contributed by atoms with Crippen LogP contribution in [0.25, 0.3) is 0 Å². The van der Waals surface area contributed by atoms with E-state index in [2.05, 4.69) is 47.2 Å². The van der Waals surface area contributed by atoms with Crippen LogP contribution in [0, 0.1) is 12.8 Å². The van der Waals surface area contributed by atoms with E-state index in [-0.39, 0.29) is 0 Å². The summed E-state index contributed by atoms with van der Waals surface area (Å²) in [5.41, 5.74) is 2.32. The molecule has 0 saturated carbocycles. The van der Waals surface area contributed by atoms with Crippen molar-refractivity contribution in [1.29, 1.82) is 0 Å². The lowest BCUT2D eigenvalue weighted by atomic mass is 9.99. The lowest BCUT2D eigenvalue weighted by Gasteiger charge is -2.29. The smallest absolute Gasteiger partial charge is 0.0547 e. The zero-order valence-corrected chi connectivity index (χ0v) is 12.4. The molecule has 1 aliphatic rings. The Morgan fingerprint density at radius 3 is 3.00 bits per heavy atom. The molecule has 0 amide bonds. The lowest BCUT2D eigenvalue weighted by molar-refractivity contribution is 0.199. The number of hydrogen-bond acceptors (Lipinski definition) is 3. The van der Waals surface area contributed by atoms with Crippen molar-refractivity contribution in [3.8, 4) is 0 Å². The van der Waals surface area contributed by atoms with Crippen LogP contribution in [-0.2, 0) is 6.54 Å². The van der Waals surface area contributed by atoms with Crippen molar-refractivity contribution >= 4 is 0 Å². The number of rotatable bonds is 6. The van der Waals surface area contributed by atoms with E-state index in [1.165, 1.54) is 51.1 Å². The highest BCUT2D eigenvalue weighted by Crippen LogP contribution is 2.14. The van der Waals surface area contributed by atoms with E-state index >= 15 is 0 Å². The highest BCUT2D eigenvalue weighted by atomic mass is 15.1. The van der Waals surface area contributed by atoms with Gasteiger partial charge in [0.05, 0.1) is 5.69 Å². The van der Waals surface area contributed by atoms with E-state index in [1.54, 1.807) is 0 Å². The zero-order chi connectivity index (χ0) is 13.5. The van der Waals surface area contributed by atoms with Gasteiger partial charge in [0, 0.05) is 18.8 Å². The molecule has 1 unspecified atom stereocenters. The Bertz CT molecular complexity index is 372. The van der Waals surface area contributed by atoms with Gasteiger partial charge in [-0.15, -0.1) is 0 Å². The quantitative estimate of drug-likeness (QED) is 0.853. The van der Waals surface area contributed by atoms with Crippen LogP contribution in [0.5, 0.6) is 0 Å². The van der Waals surface area contributed by atoms with E-state index in [4.69, 9.17) is 0 Å². The summed E-state index contributed by atoms with van der Waals surface area (Å²) in [4.78, 5) is 7.20. The summed E-state index contributed by atoms with van der Waals surface area (Å²) >= 11 is 0. The average Bonchev–Trinajstić information content (AvgIpc) is 2.40. The van der Waals surface area contributed by atoms with E-state index in [0.717, 1.165) is 18.2 Å². The Balaban J connectivity index is 1.91. The first-order valence-electron chi connectivity index (χ1n) is 7.63. The van der Waals surface area contributed by atoms with Crippen LogP contribution >= 0.6 is 0 Å². The summed E-state index contributed by atoms with van der Waals surface area (Å²) in [6.45, 7) is 10.1. The maximum absolute atomic E-state index is 4.63. The van der Waals surface area contributed by atoms with Gasteiger partial charge in [-0.2, -0.15) is 0 Å². The summed E-state index contributed by atoms with van der Waals surface area (Å²) in [5.74, 6) is 0.810. The minimum absolute atomic E-state index is 0.810. The van der Waals surface area contributed by atoms with Gasteiger partial charge in [0.2, 0.25) is 0 Å². The van der Waals surface area contributed by atoms with Crippen molar-refractivity contribution in [3.05, 3.63) is 29.6 Å². The molecule has 1 aromatic heterocycles.